The summed E-state index contributed by atoms with van der Waals surface area (Å²) in [5.74, 6) is 0.510. The molecule has 0 saturated carbocycles. The van der Waals surface area contributed by atoms with Crippen LogP contribution in [0.4, 0.5) is 0 Å². The minimum Gasteiger partial charge on any atom is -0.354 e. The monoisotopic (exact) mass is 291 g/mol. The van der Waals surface area contributed by atoms with Crippen LogP contribution in [0.25, 0.3) is 0 Å². The van der Waals surface area contributed by atoms with Crippen LogP contribution in [0.3, 0.4) is 0 Å². The number of hydrogen-bond acceptors (Lipinski definition) is 3. The predicted molar refractivity (Wildman–Crippen MR) is 87.3 cm³/mol. The quantitative estimate of drug-likeness (QED) is 0.847. The molecular weight excluding hydrogens is 262 g/mol. The summed E-state index contributed by atoms with van der Waals surface area (Å²) < 4.78 is 0. The Morgan fingerprint density at radius 2 is 1.81 bits per heavy atom. The lowest BCUT2D eigenvalue weighted by Crippen LogP contribution is -2.44. The molecular formula is C17H29N3O. The zero-order chi connectivity index (χ0) is 16.2. The van der Waals surface area contributed by atoms with Gasteiger partial charge in [-0.3, -0.25) is 15.1 Å². The van der Waals surface area contributed by atoms with Crippen molar-refractivity contribution in [1.29, 1.82) is 0 Å². The van der Waals surface area contributed by atoms with E-state index in [1.54, 1.807) is 0 Å². The van der Waals surface area contributed by atoms with E-state index in [4.69, 9.17) is 0 Å². The lowest BCUT2D eigenvalue weighted by atomic mass is 9.99. The Kier molecular flexibility index (Phi) is 6.34. The highest BCUT2D eigenvalue weighted by molar-refractivity contribution is 5.81. The number of carbonyl (C=O) groups is 1. The number of aromatic nitrogens is 1. The molecule has 0 aliphatic carbocycles. The number of amides is 1. The lowest BCUT2D eigenvalue weighted by Gasteiger charge is -2.23. The van der Waals surface area contributed by atoms with Gasteiger partial charge in [-0.25, -0.2) is 0 Å². The largest absolute Gasteiger partial charge is 0.354 e. The van der Waals surface area contributed by atoms with Crippen LogP contribution in [-0.2, 0) is 4.79 Å². The van der Waals surface area contributed by atoms with E-state index >= 15 is 0 Å². The van der Waals surface area contributed by atoms with Crippen molar-refractivity contribution in [3.8, 4) is 0 Å². The first kappa shape index (κ1) is 17.6. The van der Waals surface area contributed by atoms with E-state index in [2.05, 4.69) is 49.4 Å². The molecule has 2 unspecified atom stereocenters. The van der Waals surface area contributed by atoms with Crippen LogP contribution in [0.2, 0.25) is 0 Å². The van der Waals surface area contributed by atoms with E-state index in [1.807, 2.05) is 20.8 Å². The van der Waals surface area contributed by atoms with Gasteiger partial charge in [-0.05, 0) is 57.7 Å². The summed E-state index contributed by atoms with van der Waals surface area (Å²) in [7, 11) is 0. The second-order valence-corrected chi connectivity index (χ2v) is 6.33. The highest BCUT2D eigenvalue weighted by atomic mass is 16.2. The molecule has 0 aromatic carbocycles. The van der Waals surface area contributed by atoms with Crippen molar-refractivity contribution in [2.75, 3.05) is 6.54 Å². The summed E-state index contributed by atoms with van der Waals surface area (Å²) >= 11 is 0. The second kappa shape index (κ2) is 7.55. The fourth-order valence-electron chi connectivity index (χ4n) is 2.68. The minimum absolute atomic E-state index is 0.0472. The van der Waals surface area contributed by atoms with E-state index in [1.165, 1.54) is 11.1 Å². The molecule has 118 valence electrons. The molecule has 4 heteroatoms. The van der Waals surface area contributed by atoms with Gasteiger partial charge in [-0.1, -0.05) is 13.8 Å². The van der Waals surface area contributed by atoms with Crippen LogP contribution in [0.5, 0.6) is 0 Å². The predicted octanol–water partition coefficient (Wildman–Crippen LogP) is 2.82. The minimum atomic E-state index is -0.223. The van der Waals surface area contributed by atoms with E-state index in [9.17, 15) is 4.79 Å². The van der Waals surface area contributed by atoms with Gasteiger partial charge in [0.2, 0.25) is 5.91 Å². The average molecular weight is 291 g/mol. The fraction of sp³-hybridized carbons (Fsp3) is 0.647. The van der Waals surface area contributed by atoms with Crippen LogP contribution >= 0.6 is 0 Å². The van der Waals surface area contributed by atoms with Gasteiger partial charge in [0.1, 0.15) is 0 Å². The van der Waals surface area contributed by atoms with Crippen molar-refractivity contribution in [3.05, 3.63) is 28.6 Å². The van der Waals surface area contributed by atoms with E-state index in [0.29, 0.717) is 12.5 Å². The van der Waals surface area contributed by atoms with Crippen molar-refractivity contribution in [2.45, 2.75) is 60.5 Å². The highest BCUT2D eigenvalue weighted by Gasteiger charge is 2.19. The molecule has 0 spiro atoms. The van der Waals surface area contributed by atoms with E-state index in [-0.39, 0.29) is 18.0 Å². The van der Waals surface area contributed by atoms with E-state index in [0.717, 1.165) is 11.4 Å². The molecule has 1 aromatic heterocycles. The number of nitrogens with zero attached hydrogens (tertiary/aromatic N) is 1. The Morgan fingerprint density at radius 1 is 1.19 bits per heavy atom. The van der Waals surface area contributed by atoms with Crippen LogP contribution < -0.4 is 10.6 Å². The molecule has 1 heterocycles. The molecule has 0 radical (unpaired) electrons. The standard InChI is InChI=1S/C17H29N3O/c1-10(2)9-18-17(21)15(7)20-14(6)16-11(3)8-12(4)19-13(16)5/h8,10,14-15,20H,9H2,1-7H3,(H,18,21). The Balaban J connectivity index is 2.73. The Hall–Kier alpha value is -1.42. The van der Waals surface area contributed by atoms with Gasteiger partial charge in [0.25, 0.3) is 0 Å². The van der Waals surface area contributed by atoms with Gasteiger partial charge in [-0.2, -0.15) is 0 Å². The Bertz CT molecular complexity index is 474. The van der Waals surface area contributed by atoms with Gasteiger partial charge < -0.3 is 5.32 Å². The zero-order valence-electron chi connectivity index (χ0n) is 14.4. The van der Waals surface area contributed by atoms with Crippen LogP contribution in [0.1, 0.15) is 56.3 Å². The summed E-state index contributed by atoms with van der Waals surface area (Å²) in [6, 6.07) is 1.96. The van der Waals surface area contributed by atoms with Crippen molar-refractivity contribution in [3.63, 3.8) is 0 Å². The lowest BCUT2D eigenvalue weighted by molar-refractivity contribution is -0.123. The molecule has 0 saturated heterocycles. The van der Waals surface area contributed by atoms with Crippen LogP contribution in [0.15, 0.2) is 6.07 Å². The van der Waals surface area contributed by atoms with Gasteiger partial charge in [0.05, 0.1) is 6.04 Å². The first-order chi connectivity index (χ1) is 9.72. The van der Waals surface area contributed by atoms with Gasteiger partial charge >= 0.3 is 0 Å². The maximum atomic E-state index is 12.0. The first-order valence-electron chi connectivity index (χ1n) is 7.70. The second-order valence-electron chi connectivity index (χ2n) is 6.33. The molecule has 0 aliphatic rings. The maximum absolute atomic E-state index is 12.0. The molecule has 2 N–H and O–H groups in total. The third-order valence-corrected chi connectivity index (χ3v) is 3.59. The summed E-state index contributed by atoms with van der Waals surface area (Å²) in [6.07, 6.45) is 0. The highest BCUT2D eigenvalue weighted by Crippen LogP contribution is 2.21. The summed E-state index contributed by atoms with van der Waals surface area (Å²) in [5, 5.41) is 6.33. The molecule has 0 fully saturated rings. The van der Waals surface area contributed by atoms with Crippen molar-refractivity contribution >= 4 is 5.91 Å². The van der Waals surface area contributed by atoms with Crippen molar-refractivity contribution in [1.82, 2.24) is 15.6 Å². The maximum Gasteiger partial charge on any atom is 0.236 e. The molecule has 0 aliphatic heterocycles. The van der Waals surface area contributed by atoms with Crippen molar-refractivity contribution in [2.24, 2.45) is 5.92 Å². The first-order valence-corrected chi connectivity index (χ1v) is 7.70. The fourth-order valence-corrected chi connectivity index (χ4v) is 2.68. The summed E-state index contributed by atoms with van der Waals surface area (Å²) in [5.41, 5.74) is 4.46. The third kappa shape index (κ3) is 5.12. The van der Waals surface area contributed by atoms with E-state index < -0.39 is 0 Å². The molecule has 1 rings (SSSR count). The summed E-state index contributed by atoms with van der Waals surface area (Å²) in [6.45, 7) is 15.0. The molecule has 0 bridgehead atoms. The number of carbonyl (C=O) groups excluding carboxylic acids is 1. The topological polar surface area (TPSA) is 54.0 Å². The zero-order valence-corrected chi connectivity index (χ0v) is 14.4. The number of aryl methyl sites for hydroxylation is 3. The van der Waals surface area contributed by atoms with Crippen LogP contribution in [0, 0.1) is 26.7 Å². The Labute approximate surface area is 128 Å². The smallest absolute Gasteiger partial charge is 0.236 e. The molecule has 21 heavy (non-hydrogen) atoms. The van der Waals surface area contributed by atoms with Crippen molar-refractivity contribution < 1.29 is 4.79 Å². The number of nitrogens with one attached hydrogen (secondary N) is 2. The third-order valence-electron chi connectivity index (χ3n) is 3.59. The number of pyridine rings is 1. The molecule has 1 amide bonds. The average Bonchev–Trinajstić information content (AvgIpc) is 2.34. The van der Waals surface area contributed by atoms with Crippen LogP contribution in [-0.4, -0.2) is 23.5 Å². The SMILES string of the molecule is Cc1cc(C)c(C(C)NC(C)C(=O)NCC(C)C)c(C)n1. The van der Waals surface area contributed by atoms with Gasteiger partial charge in [-0.15, -0.1) is 0 Å². The van der Waals surface area contributed by atoms with Gasteiger partial charge in [0.15, 0.2) is 0 Å². The Morgan fingerprint density at radius 3 is 2.33 bits per heavy atom. The van der Waals surface area contributed by atoms with Gasteiger partial charge in [0, 0.05) is 24.0 Å². The normalized spacial score (nSPS) is 14.1. The molecule has 4 nitrogen and oxygen atoms in total. The number of rotatable bonds is 6. The molecule has 2 atom stereocenters. The summed E-state index contributed by atoms with van der Waals surface area (Å²) in [4.78, 5) is 16.6. The molecule has 1 aromatic rings. The number of hydrogen-bond donors (Lipinski definition) is 2.